The van der Waals surface area contributed by atoms with Crippen LogP contribution in [0.2, 0.25) is 0 Å². The standard InChI is InChI=1S/C12H21N2O4.C5H11.Y/c1-8(15)13-5-9-6-14(7-10(9)16)11(17)18-12(2,3)4;1-3-5-4-2;/h9-10,16H,1,5-7H2,2-4H3,(H,13,15);1,3-5H2,2H3;/q2*-1;+3. The van der Waals surface area contributed by atoms with E-state index in [0.29, 0.717) is 13.1 Å². The number of carbonyl (C=O) groups excluding carboxylic acids is 2. The van der Waals surface area contributed by atoms with Gasteiger partial charge in [0.2, 0.25) is 0 Å². The van der Waals surface area contributed by atoms with Crippen LogP contribution in [-0.4, -0.2) is 53.3 Å². The number of rotatable bonds is 4. The van der Waals surface area contributed by atoms with E-state index < -0.39 is 23.7 Å². The summed E-state index contributed by atoms with van der Waals surface area (Å²) in [6, 6.07) is 0. The van der Waals surface area contributed by atoms with Crippen molar-refractivity contribution in [3.05, 3.63) is 13.8 Å². The quantitative estimate of drug-likeness (QED) is 0.688. The van der Waals surface area contributed by atoms with Gasteiger partial charge in [0.25, 0.3) is 0 Å². The van der Waals surface area contributed by atoms with Gasteiger partial charge in [-0.05, 0) is 20.8 Å². The maximum absolute atomic E-state index is 11.8. The molecule has 0 aromatic heterocycles. The Balaban J connectivity index is 0. The topological polar surface area (TPSA) is 78.9 Å². The van der Waals surface area contributed by atoms with Crippen molar-refractivity contribution >= 4 is 12.0 Å². The first-order valence-corrected chi connectivity index (χ1v) is 8.15. The van der Waals surface area contributed by atoms with Gasteiger partial charge in [0.15, 0.2) is 0 Å². The van der Waals surface area contributed by atoms with Crippen LogP contribution in [0.25, 0.3) is 0 Å². The molecule has 136 valence electrons. The Kier molecular flexibility index (Phi) is 14.0. The van der Waals surface area contributed by atoms with Crippen LogP contribution in [0.1, 0.15) is 47.0 Å². The van der Waals surface area contributed by atoms with Gasteiger partial charge in [-0.15, -0.1) is 0 Å². The molecule has 7 heteroatoms. The third-order valence-corrected chi connectivity index (χ3v) is 3.22. The molecule has 2 N–H and O–H groups in total. The van der Waals surface area contributed by atoms with E-state index in [-0.39, 0.29) is 45.2 Å². The summed E-state index contributed by atoms with van der Waals surface area (Å²) in [5, 5.41) is 12.3. The van der Waals surface area contributed by atoms with Gasteiger partial charge >= 0.3 is 38.8 Å². The fraction of sp³-hybridized carbons (Fsp3) is 0.765. The molecule has 6 nitrogen and oxygen atoms in total. The zero-order valence-electron chi connectivity index (χ0n) is 15.5. The Morgan fingerprint density at radius 2 is 1.92 bits per heavy atom. The van der Waals surface area contributed by atoms with Crippen molar-refractivity contribution in [3.8, 4) is 0 Å². The molecule has 0 aromatic carbocycles. The van der Waals surface area contributed by atoms with Crippen LogP contribution >= 0.6 is 0 Å². The third-order valence-electron chi connectivity index (χ3n) is 3.22. The number of amides is 2. The average molecular weight is 417 g/mol. The van der Waals surface area contributed by atoms with Gasteiger partial charge in [-0.25, -0.2) is 4.79 Å². The summed E-state index contributed by atoms with van der Waals surface area (Å²) in [6.07, 6.45) is 2.56. The summed E-state index contributed by atoms with van der Waals surface area (Å²) < 4.78 is 5.22. The summed E-state index contributed by atoms with van der Waals surface area (Å²) in [5.74, 6) is -0.568. The number of nitrogens with zero attached hydrogens (tertiary/aromatic N) is 1. The molecule has 2 amide bonds. The predicted octanol–water partition coefficient (Wildman–Crippen LogP) is 2.17. The van der Waals surface area contributed by atoms with E-state index in [2.05, 4.69) is 26.1 Å². The molecule has 0 aromatic rings. The monoisotopic (exact) mass is 417 g/mol. The molecule has 1 rings (SSSR count). The Labute approximate surface area is 172 Å². The molecule has 1 heterocycles. The van der Waals surface area contributed by atoms with E-state index >= 15 is 0 Å². The minimum absolute atomic E-state index is 0. The first-order valence-electron chi connectivity index (χ1n) is 8.15. The van der Waals surface area contributed by atoms with Crippen LogP contribution in [0.5, 0.6) is 0 Å². The fourth-order valence-corrected chi connectivity index (χ4v) is 2.03. The normalized spacial score (nSPS) is 19.7. The number of likely N-dealkylation sites (tertiary alicyclic amines) is 1. The number of β-amino-alcohol motifs (C(OH)–C–C–N with tert-alkyl or cyclic N) is 1. The smallest absolute Gasteiger partial charge is 0.444 e. The second-order valence-electron chi connectivity index (χ2n) is 6.72. The molecule has 1 aliphatic heterocycles. The van der Waals surface area contributed by atoms with E-state index in [1.807, 2.05) is 0 Å². The molecule has 0 saturated carbocycles. The summed E-state index contributed by atoms with van der Waals surface area (Å²) in [5.41, 5.74) is -0.554. The van der Waals surface area contributed by atoms with Gasteiger partial charge in [0.05, 0.1) is 18.6 Å². The molecule has 1 fully saturated rings. The number of aliphatic hydroxyl groups excluding tert-OH is 1. The number of ether oxygens (including phenoxy) is 1. The number of nitrogens with one attached hydrogen (secondary N) is 1. The number of aliphatic hydroxyl groups is 1. The Hall–Kier alpha value is -0.326. The second-order valence-corrected chi connectivity index (χ2v) is 6.72. The van der Waals surface area contributed by atoms with Crippen LogP contribution < -0.4 is 5.32 Å². The maximum Gasteiger partial charge on any atom is 3.00 e. The van der Waals surface area contributed by atoms with Crippen molar-refractivity contribution in [2.45, 2.75) is 58.7 Å². The number of carbonyl (C=O) groups is 2. The van der Waals surface area contributed by atoms with E-state index in [4.69, 9.17) is 4.74 Å². The average Bonchev–Trinajstić information content (AvgIpc) is 2.78. The van der Waals surface area contributed by atoms with Crippen LogP contribution in [0.3, 0.4) is 0 Å². The van der Waals surface area contributed by atoms with Crippen LogP contribution in [0.15, 0.2) is 0 Å². The minimum atomic E-state index is -0.649. The van der Waals surface area contributed by atoms with E-state index in [1.54, 1.807) is 20.8 Å². The van der Waals surface area contributed by atoms with Crippen LogP contribution in [-0.2, 0) is 42.2 Å². The predicted molar refractivity (Wildman–Crippen MR) is 90.6 cm³/mol. The molecule has 0 bridgehead atoms. The molecule has 0 radical (unpaired) electrons. The number of unbranched alkanes of at least 4 members (excludes halogenated alkanes) is 2. The first-order chi connectivity index (χ1) is 10.6. The zero-order valence-corrected chi connectivity index (χ0v) is 18.3. The SMILES string of the molecule is [CH2-]C(=O)NCC1CN(C(=O)OC(C)(C)C)CC1O.[CH2-]CCCC.[Y+3]. The van der Waals surface area contributed by atoms with Crippen molar-refractivity contribution in [1.82, 2.24) is 10.2 Å². The number of hydrogen-bond donors (Lipinski definition) is 2. The molecule has 0 spiro atoms. The third kappa shape index (κ3) is 12.1. The molecule has 24 heavy (non-hydrogen) atoms. The fourth-order valence-electron chi connectivity index (χ4n) is 2.03. The van der Waals surface area contributed by atoms with Crippen LogP contribution in [0, 0.1) is 19.8 Å². The number of hydrogen-bond acceptors (Lipinski definition) is 4. The van der Waals surface area contributed by atoms with Crippen molar-refractivity contribution in [2.75, 3.05) is 19.6 Å². The summed E-state index contributed by atoms with van der Waals surface area (Å²) >= 11 is 0. The molecule has 1 saturated heterocycles. The minimum Gasteiger partial charge on any atom is -0.444 e. The summed E-state index contributed by atoms with van der Waals surface area (Å²) in [4.78, 5) is 23.9. The van der Waals surface area contributed by atoms with Crippen molar-refractivity contribution in [1.29, 1.82) is 0 Å². The molecule has 0 aliphatic carbocycles. The van der Waals surface area contributed by atoms with Crippen molar-refractivity contribution in [2.24, 2.45) is 5.92 Å². The zero-order chi connectivity index (χ0) is 18.0. The van der Waals surface area contributed by atoms with Crippen molar-refractivity contribution < 1.29 is 52.1 Å². The van der Waals surface area contributed by atoms with Crippen LogP contribution in [0.4, 0.5) is 4.79 Å². The Bertz CT molecular complexity index is 370. The molecule has 2 atom stereocenters. The molecule has 1 aliphatic rings. The Morgan fingerprint density at radius 1 is 1.33 bits per heavy atom. The van der Waals surface area contributed by atoms with Gasteiger partial charge in [0.1, 0.15) is 5.60 Å². The molecular formula is C17H32N2O4Y+. The maximum atomic E-state index is 11.8. The molecule has 2 unspecified atom stereocenters. The van der Waals surface area contributed by atoms with Gasteiger partial charge < -0.3 is 38.7 Å². The second kappa shape index (κ2) is 13.0. The largest absolute Gasteiger partial charge is 3.00 e. The Morgan fingerprint density at radius 3 is 2.29 bits per heavy atom. The summed E-state index contributed by atoms with van der Waals surface area (Å²) in [6.45, 7) is 15.3. The van der Waals surface area contributed by atoms with E-state index in [1.165, 1.54) is 17.7 Å². The van der Waals surface area contributed by atoms with Gasteiger partial charge in [-0.2, -0.15) is 6.42 Å². The van der Waals surface area contributed by atoms with Crippen molar-refractivity contribution in [3.63, 3.8) is 0 Å². The van der Waals surface area contributed by atoms with Gasteiger partial charge in [0, 0.05) is 19.0 Å². The van der Waals surface area contributed by atoms with E-state index in [0.717, 1.165) is 6.42 Å². The van der Waals surface area contributed by atoms with Gasteiger partial charge in [-0.1, -0.05) is 19.8 Å². The van der Waals surface area contributed by atoms with Gasteiger partial charge in [-0.3, -0.25) is 0 Å². The first kappa shape index (κ1) is 25.9. The molecular weight excluding hydrogens is 385 g/mol. The van der Waals surface area contributed by atoms with E-state index in [9.17, 15) is 14.7 Å². The summed E-state index contributed by atoms with van der Waals surface area (Å²) in [7, 11) is 0.